The molecule has 6 heteroatoms. The largest absolute Gasteiger partial charge is 0.370 e. The lowest BCUT2D eigenvalue weighted by Crippen LogP contribution is -2.44. The molecule has 4 rings (SSSR count). The monoisotopic (exact) mass is 399 g/mol. The van der Waals surface area contributed by atoms with Gasteiger partial charge in [0.2, 0.25) is 0 Å². The highest BCUT2D eigenvalue weighted by molar-refractivity contribution is 7.99. The molecule has 0 saturated carbocycles. The highest BCUT2D eigenvalue weighted by atomic mass is 32.2. The molecule has 1 unspecified atom stereocenters. The Morgan fingerprint density at radius 3 is 2.68 bits per heavy atom. The lowest BCUT2D eigenvalue weighted by molar-refractivity contribution is 0.182. The molecule has 0 aliphatic carbocycles. The van der Waals surface area contributed by atoms with Crippen molar-refractivity contribution in [3.8, 4) is 0 Å². The number of aryl methyl sites for hydroxylation is 1. The van der Waals surface area contributed by atoms with Crippen molar-refractivity contribution in [1.29, 1.82) is 0 Å². The first-order chi connectivity index (χ1) is 13.5. The molecule has 1 fully saturated rings. The average molecular weight is 400 g/mol. The molecule has 2 heterocycles. The van der Waals surface area contributed by atoms with E-state index in [9.17, 15) is 9.18 Å². The number of hydrogen-bond acceptors (Lipinski definition) is 3. The number of carbonyl (C=O) groups is 1. The smallest absolute Gasteiger partial charge is 0.322 e. The Kier molecular flexibility index (Phi) is 5.49. The normalized spacial score (nSPS) is 19.3. The van der Waals surface area contributed by atoms with Gasteiger partial charge < -0.3 is 15.1 Å². The van der Waals surface area contributed by atoms with Gasteiger partial charge in [-0.25, -0.2) is 9.18 Å². The van der Waals surface area contributed by atoms with Gasteiger partial charge in [-0.3, -0.25) is 0 Å². The van der Waals surface area contributed by atoms with E-state index in [1.54, 1.807) is 11.0 Å². The lowest BCUT2D eigenvalue weighted by Gasteiger charge is -2.35. The second kappa shape index (κ2) is 8.03. The number of anilines is 2. The summed E-state index contributed by atoms with van der Waals surface area (Å²) in [6, 6.07) is 11.0. The minimum Gasteiger partial charge on any atom is -0.370 e. The molecule has 1 N–H and O–H groups in total. The zero-order chi connectivity index (χ0) is 19.7. The predicted octanol–water partition coefficient (Wildman–Crippen LogP) is 4.67. The quantitative estimate of drug-likeness (QED) is 0.797. The number of nitrogens with one attached hydrogen (secondary N) is 1. The fraction of sp³-hybridized carbons (Fsp3) is 0.409. The third-order valence-corrected chi connectivity index (χ3v) is 6.59. The molecule has 4 nitrogen and oxygen atoms in total. The maximum atomic E-state index is 13.6. The molecule has 2 amide bonds. The van der Waals surface area contributed by atoms with Gasteiger partial charge in [0.25, 0.3) is 0 Å². The molecule has 1 atom stereocenters. The Hall–Kier alpha value is -2.21. The summed E-state index contributed by atoms with van der Waals surface area (Å²) >= 11 is 1.99. The van der Waals surface area contributed by atoms with Crippen molar-refractivity contribution in [1.82, 2.24) is 4.90 Å². The molecule has 0 aromatic heterocycles. The summed E-state index contributed by atoms with van der Waals surface area (Å²) in [5.74, 6) is 2.06. The van der Waals surface area contributed by atoms with Crippen LogP contribution in [0.4, 0.5) is 20.6 Å². The first-order valence-corrected chi connectivity index (χ1v) is 10.9. The van der Waals surface area contributed by atoms with Crippen molar-refractivity contribution < 1.29 is 9.18 Å². The van der Waals surface area contributed by atoms with E-state index in [1.807, 2.05) is 37.7 Å². The number of amides is 2. The minimum atomic E-state index is -0.254. The van der Waals surface area contributed by atoms with Crippen molar-refractivity contribution in [2.75, 3.05) is 34.8 Å². The fourth-order valence-corrected chi connectivity index (χ4v) is 4.88. The fourth-order valence-electron chi connectivity index (χ4n) is 3.97. The summed E-state index contributed by atoms with van der Waals surface area (Å²) in [6.45, 7) is 6.63. The molecular weight excluding hydrogens is 373 g/mol. The Morgan fingerprint density at radius 1 is 1.14 bits per heavy atom. The van der Waals surface area contributed by atoms with Crippen LogP contribution in [0.2, 0.25) is 0 Å². The SMILES string of the molecule is Cc1cc(N2CCSCC2)ccc1NC(=O)N1Cc2cc(F)ccc2CC1C. The summed E-state index contributed by atoms with van der Waals surface area (Å²) in [5, 5.41) is 3.06. The predicted molar refractivity (Wildman–Crippen MR) is 115 cm³/mol. The molecule has 2 aliphatic rings. The summed E-state index contributed by atoms with van der Waals surface area (Å²) in [4.78, 5) is 17.1. The molecule has 2 aromatic rings. The van der Waals surface area contributed by atoms with Gasteiger partial charge in [0.15, 0.2) is 0 Å². The van der Waals surface area contributed by atoms with E-state index in [0.29, 0.717) is 6.54 Å². The van der Waals surface area contributed by atoms with E-state index in [0.717, 1.165) is 53.4 Å². The number of halogens is 1. The van der Waals surface area contributed by atoms with Gasteiger partial charge in [0.05, 0.1) is 0 Å². The van der Waals surface area contributed by atoms with Gasteiger partial charge in [0, 0.05) is 48.6 Å². The number of hydrogen-bond donors (Lipinski definition) is 1. The summed E-state index contributed by atoms with van der Waals surface area (Å²) in [7, 11) is 0. The van der Waals surface area contributed by atoms with Crippen molar-refractivity contribution in [3.05, 3.63) is 58.9 Å². The van der Waals surface area contributed by atoms with E-state index in [-0.39, 0.29) is 17.9 Å². The van der Waals surface area contributed by atoms with Crippen molar-refractivity contribution in [3.63, 3.8) is 0 Å². The molecule has 0 bridgehead atoms. The number of fused-ring (bicyclic) bond motifs is 1. The number of benzene rings is 2. The maximum Gasteiger partial charge on any atom is 0.322 e. The number of thioether (sulfide) groups is 1. The van der Waals surface area contributed by atoms with Gasteiger partial charge in [0.1, 0.15) is 5.82 Å². The average Bonchev–Trinajstić information content (AvgIpc) is 2.70. The molecular formula is C22H26FN3OS. The van der Waals surface area contributed by atoms with Crippen molar-refractivity contribution in [2.24, 2.45) is 0 Å². The molecule has 1 saturated heterocycles. The first-order valence-electron chi connectivity index (χ1n) is 9.79. The number of carbonyl (C=O) groups excluding carboxylic acids is 1. The molecule has 148 valence electrons. The van der Waals surface area contributed by atoms with Gasteiger partial charge in [-0.2, -0.15) is 11.8 Å². The first kappa shape index (κ1) is 19.1. The highest BCUT2D eigenvalue weighted by Gasteiger charge is 2.27. The van der Waals surface area contributed by atoms with Crippen LogP contribution in [0.5, 0.6) is 0 Å². The van der Waals surface area contributed by atoms with Gasteiger partial charge >= 0.3 is 6.03 Å². The maximum absolute atomic E-state index is 13.6. The molecule has 0 radical (unpaired) electrons. The van der Waals surface area contributed by atoms with Gasteiger partial charge in [-0.15, -0.1) is 0 Å². The summed E-state index contributed by atoms with van der Waals surface area (Å²) in [6.07, 6.45) is 0.744. The van der Waals surface area contributed by atoms with E-state index in [4.69, 9.17) is 0 Å². The summed E-state index contributed by atoms with van der Waals surface area (Å²) in [5.41, 5.74) is 5.12. The third kappa shape index (κ3) is 3.97. The zero-order valence-electron chi connectivity index (χ0n) is 16.4. The topological polar surface area (TPSA) is 35.6 Å². The molecule has 2 aromatic carbocycles. The number of nitrogens with zero attached hydrogens (tertiary/aromatic N) is 2. The third-order valence-electron chi connectivity index (χ3n) is 5.65. The standard InChI is InChI=1S/C22H26FN3OS/c1-15-11-20(25-7-9-28-10-8-25)5-6-21(15)24-22(27)26-14-18-13-19(23)4-3-17(18)12-16(26)2/h3-6,11,13,16H,7-10,12,14H2,1-2H3,(H,24,27). The van der Waals surface area contributed by atoms with Crippen LogP contribution in [-0.2, 0) is 13.0 Å². The van der Waals surface area contributed by atoms with Crippen LogP contribution in [0.3, 0.4) is 0 Å². The van der Waals surface area contributed by atoms with Crippen LogP contribution < -0.4 is 10.2 Å². The van der Waals surface area contributed by atoms with Crippen LogP contribution in [-0.4, -0.2) is 41.6 Å². The van der Waals surface area contributed by atoms with Crippen LogP contribution in [0, 0.1) is 12.7 Å². The minimum absolute atomic E-state index is 0.0726. The summed E-state index contributed by atoms with van der Waals surface area (Å²) < 4.78 is 13.6. The van der Waals surface area contributed by atoms with Gasteiger partial charge in [-0.1, -0.05) is 6.07 Å². The Labute approximate surface area is 170 Å². The zero-order valence-corrected chi connectivity index (χ0v) is 17.2. The van der Waals surface area contributed by atoms with Crippen LogP contribution in [0.1, 0.15) is 23.6 Å². The van der Waals surface area contributed by atoms with Crippen molar-refractivity contribution >= 4 is 29.2 Å². The molecule has 2 aliphatic heterocycles. The molecule has 28 heavy (non-hydrogen) atoms. The van der Waals surface area contributed by atoms with Crippen LogP contribution >= 0.6 is 11.8 Å². The Morgan fingerprint density at radius 2 is 1.93 bits per heavy atom. The van der Waals surface area contributed by atoms with E-state index in [2.05, 4.69) is 22.3 Å². The van der Waals surface area contributed by atoms with Crippen molar-refractivity contribution in [2.45, 2.75) is 32.9 Å². The van der Waals surface area contributed by atoms with Crippen LogP contribution in [0.15, 0.2) is 36.4 Å². The van der Waals surface area contributed by atoms with E-state index in [1.165, 1.54) is 11.8 Å². The highest BCUT2D eigenvalue weighted by Crippen LogP contribution is 2.27. The van der Waals surface area contributed by atoms with E-state index >= 15 is 0 Å². The Balaban J connectivity index is 1.47. The molecule has 0 spiro atoms. The lowest BCUT2D eigenvalue weighted by atomic mass is 9.95. The number of rotatable bonds is 2. The second-order valence-electron chi connectivity index (χ2n) is 7.62. The second-order valence-corrected chi connectivity index (χ2v) is 8.85. The Bertz CT molecular complexity index is 882. The van der Waals surface area contributed by atoms with Crippen LogP contribution in [0.25, 0.3) is 0 Å². The number of urea groups is 1. The van der Waals surface area contributed by atoms with Gasteiger partial charge in [-0.05, 0) is 67.3 Å². The van der Waals surface area contributed by atoms with E-state index < -0.39 is 0 Å².